The van der Waals surface area contributed by atoms with E-state index in [2.05, 4.69) is 58.4 Å². The van der Waals surface area contributed by atoms with E-state index in [1.54, 1.807) is 0 Å². The first kappa shape index (κ1) is 14.5. The molecule has 4 heteroatoms. The van der Waals surface area contributed by atoms with Crippen LogP contribution in [0.15, 0.2) is 15.9 Å². The molecule has 1 fully saturated rings. The van der Waals surface area contributed by atoms with Crippen molar-refractivity contribution in [3.8, 4) is 0 Å². The van der Waals surface area contributed by atoms with E-state index in [9.17, 15) is 0 Å². The summed E-state index contributed by atoms with van der Waals surface area (Å²) in [4.78, 5) is 4.07. The SMILES string of the molecule is CC(C)CC1CN(Cc2cc(Br)cs2)C(C)CN1. The molecule has 0 amide bonds. The fourth-order valence-electron chi connectivity index (χ4n) is 2.58. The highest BCUT2D eigenvalue weighted by Crippen LogP contribution is 2.23. The van der Waals surface area contributed by atoms with Crippen LogP contribution in [-0.4, -0.2) is 30.1 Å². The van der Waals surface area contributed by atoms with Crippen LogP contribution < -0.4 is 5.32 Å². The molecule has 0 spiro atoms. The van der Waals surface area contributed by atoms with Crippen molar-refractivity contribution >= 4 is 27.3 Å². The highest BCUT2D eigenvalue weighted by atomic mass is 79.9. The Bertz CT molecular complexity index is 378. The van der Waals surface area contributed by atoms with Gasteiger partial charge in [-0.2, -0.15) is 0 Å². The molecule has 1 aromatic heterocycles. The number of nitrogens with one attached hydrogen (secondary N) is 1. The molecule has 102 valence electrons. The molecule has 18 heavy (non-hydrogen) atoms. The van der Waals surface area contributed by atoms with E-state index in [0.717, 1.165) is 19.0 Å². The van der Waals surface area contributed by atoms with Gasteiger partial charge >= 0.3 is 0 Å². The van der Waals surface area contributed by atoms with Gasteiger partial charge in [-0.25, -0.2) is 0 Å². The second-order valence-electron chi connectivity index (χ2n) is 5.74. The largest absolute Gasteiger partial charge is 0.311 e. The van der Waals surface area contributed by atoms with Gasteiger partial charge in [0.05, 0.1) is 0 Å². The summed E-state index contributed by atoms with van der Waals surface area (Å²) in [5.74, 6) is 0.772. The number of rotatable bonds is 4. The Kier molecular flexibility index (Phi) is 5.24. The van der Waals surface area contributed by atoms with E-state index in [-0.39, 0.29) is 0 Å². The lowest BCUT2D eigenvalue weighted by atomic mass is 10.00. The molecule has 1 aliphatic rings. The number of hydrogen-bond acceptors (Lipinski definition) is 3. The molecule has 0 aromatic carbocycles. The van der Waals surface area contributed by atoms with Gasteiger partial charge in [0.15, 0.2) is 0 Å². The summed E-state index contributed by atoms with van der Waals surface area (Å²) < 4.78 is 1.21. The van der Waals surface area contributed by atoms with E-state index in [4.69, 9.17) is 0 Å². The van der Waals surface area contributed by atoms with Gasteiger partial charge in [0.25, 0.3) is 0 Å². The smallest absolute Gasteiger partial charge is 0.0332 e. The molecule has 2 atom stereocenters. The van der Waals surface area contributed by atoms with E-state index >= 15 is 0 Å². The summed E-state index contributed by atoms with van der Waals surface area (Å²) in [5.41, 5.74) is 0. The predicted molar refractivity (Wildman–Crippen MR) is 83.1 cm³/mol. The highest BCUT2D eigenvalue weighted by molar-refractivity contribution is 9.10. The molecule has 1 aliphatic heterocycles. The second-order valence-corrected chi connectivity index (χ2v) is 7.66. The molecule has 0 aliphatic carbocycles. The van der Waals surface area contributed by atoms with Crippen molar-refractivity contribution in [2.24, 2.45) is 5.92 Å². The van der Waals surface area contributed by atoms with Crippen molar-refractivity contribution < 1.29 is 0 Å². The Hall–Kier alpha value is 0.1000. The number of nitrogens with zero attached hydrogens (tertiary/aromatic N) is 1. The minimum atomic E-state index is 0.634. The molecule has 0 saturated carbocycles. The van der Waals surface area contributed by atoms with Crippen LogP contribution in [-0.2, 0) is 6.54 Å². The minimum absolute atomic E-state index is 0.634. The van der Waals surface area contributed by atoms with Gasteiger partial charge < -0.3 is 5.32 Å². The zero-order valence-corrected chi connectivity index (χ0v) is 13.9. The maximum Gasteiger partial charge on any atom is 0.0332 e. The third-order valence-corrected chi connectivity index (χ3v) is 5.20. The standard InChI is InChI=1S/C14H23BrN2S/c1-10(2)4-13-7-17(11(3)6-16-13)8-14-5-12(15)9-18-14/h5,9-11,13,16H,4,6-8H2,1-3H3. The number of hydrogen-bond donors (Lipinski definition) is 1. The molecule has 2 unspecified atom stereocenters. The van der Waals surface area contributed by atoms with Crippen LogP contribution in [0.1, 0.15) is 32.1 Å². The van der Waals surface area contributed by atoms with Gasteiger partial charge in [0, 0.05) is 46.4 Å². The predicted octanol–water partition coefficient (Wildman–Crippen LogP) is 3.72. The molecule has 1 saturated heterocycles. The summed E-state index contributed by atoms with van der Waals surface area (Å²) in [6.07, 6.45) is 1.28. The minimum Gasteiger partial charge on any atom is -0.311 e. The first-order valence-corrected chi connectivity index (χ1v) is 8.42. The van der Waals surface area contributed by atoms with Crippen molar-refractivity contribution in [1.29, 1.82) is 0 Å². The summed E-state index contributed by atoms with van der Waals surface area (Å²) in [6, 6.07) is 3.54. The first-order chi connectivity index (χ1) is 8.54. The average molecular weight is 331 g/mol. The summed E-state index contributed by atoms with van der Waals surface area (Å²) in [7, 11) is 0. The van der Waals surface area contributed by atoms with Gasteiger partial charge in [-0.15, -0.1) is 11.3 Å². The van der Waals surface area contributed by atoms with Crippen LogP contribution in [0.4, 0.5) is 0 Å². The summed E-state index contributed by atoms with van der Waals surface area (Å²) >= 11 is 5.39. The third-order valence-electron chi connectivity index (χ3n) is 3.52. The Morgan fingerprint density at radius 3 is 2.94 bits per heavy atom. The zero-order valence-electron chi connectivity index (χ0n) is 11.4. The van der Waals surface area contributed by atoms with Crippen LogP contribution in [0.2, 0.25) is 0 Å². The Morgan fingerprint density at radius 1 is 1.56 bits per heavy atom. The fourth-order valence-corrected chi connectivity index (χ4v) is 4.05. The second kappa shape index (κ2) is 6.51. The Balaban J connectivity index is 1.93. The molecular formula is C14H23BrN2S. The van der Waals surface area contributed by atoms with E-state index in [1.807, 2.05) is 11.3 Å². The van der Waals surface area contributed by atoms with Crippen molar-refractivity contribution in [3.05, 3.63) is 20.8 Å². The summed E-state index contributed by atoms with van der Waals surface area (Å²) in [5, 5.41) is 5.85. The Morgan fingerprint density at radius 2 is 2.33 bits per heavy atom. The first-order valence-electron chi connectivity index (χ1n) is 6.75. The van der Waals surface area contributed by atoms with Gasteiger partial charge in [-0.3, -0.25) is 4.90 Å². The van der Waals surface area contributed by atoms with Gasteiger partial charge in [0.2, 0.25) is 0 Å². The topological polar surface area (TPSA) is 15.3 Å². The molecule has 2 nitrogen and oxygen atoms in total. The van der Waals surface area contributed by atoms with Crippen LogP contribution in [0.25, 0.3) is 0 Å². The van der Waals surface area contributed by atoms with Crippen LogP contribution >= 0.6 is 27.3 Å². The Labute approximate surface area is 123 Å². The van der Waals surface area contributed by atoms with Gasteiger partial charge in [-0.05, 0) is 41.3 Å². The van der Waals surface area contributed by atoms with E-state index in [0.29, 0.717) is 12.1 Å². The lowest BCUT2D eigenvalue weighted by Gasteiger charge is -2.39. The molecule has 1 N–H and O–H groups in total. The monoisotopic (exact) mass is 330 g/mol. The molecule has 0 bridgehead atoms. The van der Waals surface area contributed by atoms with Crippen molar-refractivity contribution in [2.45, 2.75) is 45.8 Å². The van der Waals surface area contributed by atoms with Crippen LogP contribution in [0.5, 0.6) is 0 Å². The van der Waals surface area contributed by atoms with E-state index in [1.165, 1.54) is 22.3 Å². The lowest BCUT2D eigenvalue weighted by Crippen LogP contribution is -2.55. The van der Waals surface area contributed by atoms with Crippen molar-refractivity contribution in [2.75, 3.05) is 13.1 Å². The fraction of sp³-hybridized carbons (Fsp3) is 0.714. The molecule has 2 heterocycles. The van der Waals surface area contributed by atoms with Gasteiger partial charge in [0.1, 0.15) is 0 Å². The summed E-state index contributed by atoms with van der Waals surface area (Å²) in [6.45, 7) is 10.3. The average Bonchev–Trinajstić information content (AvgIpc) is 2.68. The van der Waals surface area contributed by atoms with E-state index < -0.39 is 0 Å². The molecule has 2 rings (SSSR count). The maximum atomic E-state index is 3.67. The third kappa shape index (κ3) is 4.05. The normalized spacial score (nSPS) is 25.8. The molecule has 0 radical (unpaired) electrons. The highest BCUT2D eigenvalue weighted by Gasteiger charge is 2.25. The van der Waals surface area contributed by atoms with Crippen molar-refractivity contribution in [3.63, 3.8) is 0 Å². The molecule has 1 aromatic rings. The number of halogens is 1. The number of piperazine rings is 1. The zero-order chi connectivity index (χ0) is 13.1. The maximum absolute atomic E-state index is 3.67. The number of thiophene rings is 1. The van der Waals surface area contributed by atoms with Crippen LogP contribution in [0.3, 0.4) is 0 Å². The van der Waals surface area contributed by atoms with Crippen molar-refractivity contribution in [1.82, 2.24) is 10.2 Å². The quantitative estimate of drug-likeness (QED) is 0.905. The molecular weight excluding hydrogens is 308 g/mol. The van der Waals surface area contributed by atoms with Crippen LogP contribution in [0, 0.1) is 5.92 Å². The lowest BCUT2D eigenvalue weighted by molar-refractivity contribution is 0.126. The van der Waals surface area contributed by atoms with Gasteiger partial charge in [-0.1, -0.05) is 13.8 Å².